The molecule has 9 rings (SSSR count). The second-order valence-corrected chi connectivity index (χ2v) is 21.3. The van der Waals surface area contributed by atoms with Gasteiger partial charge in [0.2, 0.25) is 11.8 Å². The number of likely N-dealkylation sites (N-methyl/N-ethyl adjacent to an activating group) is 1. The monoisotopic (exact) mass is 968 g/mol. The first-order chi connectivity index (χ1) is 33.4. The Bertz CT molecular complexity index is 2910. The fraction of sp³-hybridized carbons (Fsp3) is 0.444. The van der Waals surface area contributed by atoms with Crippen LogP contribution in [0.1, 0.15) is 94.6 Å². The van der Waals surface area contributed by atoms with E-state index in [0.29, 0.717) is 43.5 Å². The number of nitrogens with two attached hydrogens (primary N) is 1. The van der Waals surface area contributed by atoms with E-state index >= 15 is 4.79 Å². The van der Waals surface area contributed by atoms with Gasteiger partial charge < -0.3 is 35.1 Å². The van der Waals surface area contributed by atoms with Gasteiger partial charge in [-0.2, -0.15) is 0 Å². The molecule has 6 bridgehead atoms. The van der Waals surface area contributed by atoms with Gasteiger partial charge in [-0.15, -0.1) is 0 Å². The van der Waals surface area contributed by atoms with Crippen LogP contribution in [-0.4, -0.2) is 98.2 Å². The first-order valence-corrected chi connectivity index (χ1v) is 25.2. The van der Waals surface area contributed by atoms with Crippen LogP contribution >= 0.6 is 11.8 Å². The SMILES string of the molecule is CCn1c(-c2cccnc2[C@H](C)OC)c2c3cc(ccc31)-c1cc(O)cc(c1)C[C@H](NC(=O)[C@H](C(C)C)N(C)C(=O)[C@H]1Cc3cccnc3[C@H]1N)C(=O)N1CCC[C@@](C3=CS3)(N1)C(=O)OCC(C)(C)C2. The van der Waals surface area contributed by atoms with Crippen molar-refractivity contribution in [2.24, 2.45) is 23.0 Å². The van der Waals surface area contributed by atoms with Crippen LogP contribution in [0.4, 0.5) is 0 Å². The maximum atomic E-state index is 15.1. The third-order valence-corrected chi connectivity index (χ3v) is 15.4. The number of aromatic nitrogens is 3. The number of phenols is 1. The smallest absolute Gasteiger partial charge is 0.333 e. The quantitative estimate of drug-likeness (QED) is 0.103. The summed E-state index contributed by atoms with van der Waals surface area (Å²) in [5.74, 6) is -2.76. The third kappa shape index (κ3) is 9.10. The lowest BCUT2D eigenvalue weighted by Crippen LogP contribution is -2.67. The summed E-state index contributed by atoms with van der Waals surface area (Å²) in [5, 5.41) is 18.8. The summed E-state index contributed by atoms with van der Waals surface area (Å²) >= 11 is 1.43. The molecule has 1 fully saturated rings. The number of cyclic esters (lactones) is 1. The van der Waals surface area contributed by atoms with Gasteiger partial charge in [-0.05, 0) is 121 Å². The molecule has 70 heavy (non-hydrogen) atoms. The number of hydrazine groups is 1. The van der Waals surface area contributed by atoms with E-state index in [0.717, 1.165) is 55.0 Å². The molecule has 0 saturated carbocycles. The summed E-state index contributed by atoms with van der Waals surface area (Å²) in [6.07, 6.45) is 4.93. The number of fused-ring (bicyclic) bond motifs is 7. The average Bonchev–Trinajstić information content (AvgIpc) is 4.10. The second kappa shape index (κ2) is 19.3. The largest absolute Gasteiger partial charge is 0.508 e. The molecule has 5 aromatic rings. The number of nitrogens with zero attached hydrogens (tertiary/aromatic N) is 5. The van der Waals surface area contributed by atoms with E-state index in [-0.39, 0.29) is 43.3 Å². The fourth-order valence-corrected chi connectivity index (χ4v) is 11.6. The molecular formula is C54H64N8O7S. The molecule has 15 nitrogen and oxygen atoms in total. The Morgan fingerprint density at radius 2 is 1.81 bits per heavy atom. The van der Waals surface area contributed by atoms with Crippen LogP contribution in [0.25, 0.3) is 33.3 Å². The lowest BCUT2D eigenvalue weighted by molar-refractivity contribution is -0.160. The molecule has 4 aliphatic rings. The predicted octanol–water partition coefficient (Wildman–Crippen LogP) is 7.16. The number of amides is 3. The van der Waals surface area contributed by atoms with E-state index in [1.54, 1.807) is 38.7 Å². The van der Waals surface area contributed by atoms with Gasteiger partial charge in [-0.1, -0.05) is 57.7 Å². The van der Waals surface area contributed by atoms with Gasteiger partial charge in [-0.3, -0.25) is 29.4 Å². The zero-order chi connectivity index (χ0) is 49.8. The van der Waals surface area contributed by atoms with Crippen molar-refractivity contribution in [3.63, 3.8) is 0 Å². The molecule has 1 saturated heterocycles. The van der Waals surface area contributed by atoms with E-state index in [1.807, 2.05) is 56.5 Å². The number of carbonyl (C=O) groups is 4. The van der Waals surface area contributed by atoms with Crippen LogP contribution in [0, 0.1) is 17.3 Å². The maximum Gasteiger partial charge on any atom is 0.333 e. The molecule has 0 radical (unpaired) electrons. The number of benzene rings is 2. The number of hydrogen-bond donors (Lipinski definition) is 4. The van der Waals surface area contributed by atoms with Crippen LogP contribution < -0.4 is 16.5 Å². The predicted molar refractivity (Wildman–Crippen MR) is 270 cm³/mol. The number of methoxy groups -OCH3 is 1. The molecule has 3 aliphatic heterocycles. The number of phenolic OH excluding ortho intramolecular Hbond substituents is 1. The van der Waals surface area contributed by atoms with Gasteiger partial charge in [0.25, 0.3) is 5.91 Å². The molecule has 6 atom stereocenters. The number of carbonyl (C=O) groups excluding carboxylic acids is 4. The number of pyridine rings is 2. The highest BCUT2D eigenvalue weighted by Crippen LogP contribution is 2.48. The molecule has 3 aromatic heterocycles. The number of esters is 1. The number of nitrogens with one attached hydrogen (secondary N) is 2. The molecule has 5 N–H and O–H groups in total. The van der Waals surface area contributed by atoms with Crippen molar-refractivity contribution in [1.29, 1.82) is 0 Å². The number of rotatable bonds is 10. The molecular weight excluding hydrogens is 905 g/mol. The van der Waals surface area contributed by atoms with Crippen LogP contribution in [0.2, 0.25) is 0 Å². The van der Waals surface area contributed by atoms with E-state index in [1.165, 1.54) is 21.7 Å². The number of hydrogen-bond acceptors (Lipinski definition) is 12. The summed E-state index contributed by atoms with van der Waals surface area (Å²) in [4.78, 5) is 70.4. The number of thioether (sulfide) groups is 1. The number of aromatic hydroxyl groups is 1. The topological polar surface area (TPSA) is 194 Å². The molecule has 368 valence electrons. The number of aryl methyl sites for hydroxylation is 1. The Morgan fingerprint density at radius 1 is 1.06 bits per heavy atom. The van der Waals surface area contributed by atoms with Gasteiger partial charge in [0.05, 0.1) is 41.8 Å². The summed E-state index contributed by atoms with van der Waals surface area (Å²) in [6.45, 7) is 13.0. The van der Waals surface area contributed by atoms with Gasteiger partial charge >= 0.3 is 5.97 Å². The third-order valence-electron chi connectivity index (χ3n) is 14.6. The molecule has 0 unspecified atom stereocenters. The maximum absolute atomic E-state index is 15.1. The zero-order valence-electron chi connectivity index (χ0n) is 41.2. The van der Waals surface area contributed by atoms with E-state index in [9.17, 15) is 19.5 Å². The van der Waals surface area contributed by atoms with Crippen molar-refractivity contribution in [3.05, 3.63) is 111 Å². The first-order valence-electron chi connectivity index (χ1n) is 24.3. The van der Waals surface area contributed by atoms with E-state index in [2.05, 4.69) is 59.3 Å². The summed E-state index contributed by atoms with van der Waals surface area (Å²) in [5.41, 5.74) is 16.6. The molecule has 1 aliphatic carbocycles. The Hall–Kier alpha value is -6.07. The van der Waals surface area contributed by atoms with Crippen LogP contribution in [0.15, 0.2) is 83.4 Å². The van der Waals surface area contributed by atoms with Crippen molar-refractivity contribution >= 4 is 46.4 Å². The minimum absolute atomic E-state index is 0.00872. The minimum Gasteiger partial charge on any atom is -0.508 e. The van der Waals surface area contributed by atoms with E-state index < -0.39 is 52.8 Å². The van der Waals surface area contributed by atoms with Crippen LogP contribution in [0.5, 0.6) is 5.75 Å². The Labute approximate surface area is 413 Å². The standard InChI is InChI=1S/C54H64N8O7S/c1-9-61-42-16-15-33-25-38(42)40(48(61)37-14-11-19-56-45(37)31(4)68-8)27-53(5,6)29-69-52(67)54(43-28-70-43)17-12-20-62(59-54)51(66)41(23-32-21-35(33)24-36(63)22-32)58-49(64)47(30(2)3)60(7)50(65)39-26-34-13-10-18-57-46(34)44(39)55/h10-11,13-16,18-19,21-22,24-25,28,30-31,39,41,44,47,59,63H,9,12,17,20,23,26-27,29,55H2,1-8H3,(H,58,64)/t31-,39-,41-,44-,47-,54-/m0/s1. The molecule has 16 heteroatoms. The minimum atomic E-state index is -1.33. The summed E-state index contributed by atoms with van der Waals surface area (Å²) in [6, 6.07) is 16.5. The highest BCUT2D eigenvalue weighted by atomic mass is 32.2. The fourth-order valence-electron chi connectivity index (χ4n) is 10.9. The average molecular weight is 969 g/mol. The highest BCUT2D eigenvalue weighted by molar-refractivity contribution is 8.12. The van der Waals surface area contributed by atoms with Crippen molar-refractivity contribution in [2.45, 2.75) is 110 Å². The molecule has 3 amide bonds. The van der Waals surface area contributed by atoms with Gasteiger partial charge in [0.1, 0.15) is 17.8 Å². The molecule has 0 spiro atoms. The summed E-state index contributed by atoms with van der Waals surface area (Å²) < 4.78 is 14.5. The Balaban J connectivity index is 1.14. The van der Waals surface area contributed by atoms with E-state index in [4.69, 9.17) is 20.2 Å². The Morgan fingerprint density at radius 3 is 2.53 bits per heavy atom. The van der Waals surface area contributed by atoms with Crippen molar-refractivity contribution in [3.8, 4) is 28.1 Å². The zero-order valence-corrected chi connectivity index (χ0v) is 42.1. The summed E-state index contributed by atoms with van der Waals surface area (Å²) in [7, 11) is 3.28. The lowest BCUT2D eigenvalue weighted by atomic mass is 9.83. The van der Waals surface area contributed by atoms with Gasteiger partial charge in [0.15, 0.2) is 5.54 Å². The van der Waals surface area contributed by atoms with Gasteiger partial charge in [-0.25, -0.2) is 10.2 Å². The molecule has 2 aromatic carbocycles. The van der Waals surface area contributed by atoms with Gasteiger partial charge in [0, 0.05) is 72.8 Å². The second-order valence-electron chi connectivity index (χ2n) is 20.4. The normalized spacial score (nSPS) is 23.0. The van der Waals surface area contributed by atoms with Crippen molar-refractivity contribution < 1.29 is 33.8 Å². The van der Waals surface area contributed by atoms with Crippen molar-refractivity contribution in [2.75, 3.05) is 27.3 Å². The first kappa shape index (κ1) is 48.9. The highest BCUT2D eigenvalue weighted by Gasteiger charge is 2.52. The van der Waals surface area contributed by atoms with Crippen molar-refractivity contribution in [1.82, 2.24) is 35.2 Å². The Kier molecular flexibility index (Phi) is 13.5. The molecule has 6 heterocycles. The van der Waals surface area contributed by atoms with Crippen LogP contribution in [-0.2, 0) is 54.5 Å². The van der Waals surface area contributed by atoms with Crippen LogP contribution in [0.3, 0.4) is 0 Å². The lowest BCUT2D eigenvalue weighted by Gasteiger charge is -2.42. The number of ether oxygens (including phenoxy) is 2.